The molecule has 0 saturated heterocycles. The molecule has 2 aromatic carbocycles. The van der Waals surface area contributed by atoms with Gasteiger partial charge in [-0.05, 0) is 42.7 Å². The predicted molar refractivity (Wildman–Crippen MR) is 120 cm³/mol. The number of sulfonamides is 1. The number of carbonyl (C=O) groups is 2. The quantitative estimate of drug-likeness (QED) is 0.543. The summed E-state index contributed by atoms with van der Waals surface area (Å²) in [6, 6.07) is 13.2. The summed E-state index contributed by atoms with van der Waals surface area (Å²) < 4.78 is 38.8. The van der Waals surface area contributed by atoms with Crippen molar-refractivity contribution in [3.8, 4) is 11.8 Å². The molecule has 0 saturated carbocycles. The number of hydrogen-bond acceptors (Lipinski definition) is 7. The van der Waals surface area contributed by atoms with Gasteiger partial charge in [-0.25, -0.2) is 13.2 Å². The molecule has 10 heteroatoms. The molecular weight excluding hydrogens is 446 g/mol. The van der Waals surface area contributed by atoms with Crippen molar-refractivity contribution in [2.75, 3.05) is 38.2 Å². The lowest BCUT2D eigenvalue weighted by molar-refractivity contribution is -0.133. The molecule has 0 fully saturated rings. The Bertz CT molecular complexity index is 1190. The number of benzene rings is 2. The summed E-state index contributed by atoms with van der Waals surface area (Å²) in [7, 11) is -1.18. The molecule has 0 aromatic heterocycles. The summed E-state index contributed by atoms with van der Waals surface area (Å²) in [5, 5.41) is 8.61. The number of anilines is 1. The molecule has 9 nitrogen and oxygen atoms in total. The number of methoxy groups -OCH3 is 1. The zero-order valence-electron chi connectivity index (χ0n) is 18.5. The van der Waals surface area contributed by atoms with Gasteiger partial charge in [0.05, 0.1) is 30.9 Å². The number of esters is 1. The van der Waals surface area contributed by atoms with Crippen LogP contribution in [-0.4, -0.2) is 59.0 Å². The van der Waals surface area contributed by atoms with Crippen LogP contribution in [0.2, 0.25) is 0 Å². The van der Waals surface area contributed by atoms with E-state index in [1.807, 2.05) is 18.2 Å². The second-order valence-corrected chi connectivity index (χ2v) is 9.31. The lowest BCUT2D eigenvalue weighted by atomic mass is 10.0. The first-order chi connectivity index (χ1) is 15.8. The number of rotatable bonds is 8. The van der Waals surface area contributed by atoms with E-state index in [0.717, 1.165) is 12.0 Å². The van der Waals surface area contributed by atoms with Crippen LogP contribution < -0.4 is 9.04 Å². The van der Waals surface area contributed by atoms with Crippen molar-refractivity contribution in [2.45, 2.75) is 24.2 Å². The molecule has 0 aliphatic carbocycles. The monoisotopic (exact) mass is 471 g/mol. The molecule has 0 radical (unpaired) electrons. The summed E-state index contributed by atoms with van der Waals surface area (Å²) in [6.45, 7) is 0.00417. The summed E-state index contributed by atoms with van der Waals surface area (Å²) in [6.07, 6.45) is 1.61. The topological polar surface area (TPSA) is 117 Å². The second kappa shape index (κ2) is 10.4. The fourth-order valence-electron chi connectivity index (χ4n) is 3.54. The van der Waals surface area contributed by atoms with Gasteiger partial charge in [0.2, 0.25) is 0 Å². The van der Waals surface area contributed by atoms with Crippen molar-refractivity contribution in [1.29, 1.82) is 5.26 Å². The van der Waals surface area contributed by atoms with E-state index in [1.165, 1.54) is 41.6 Å². The zero-order chi connectivity index (χ0) is 24.0. The minimum absolute atomic E-state index is 0.0212. The third kappa shape index (κ3) is 5.26. The SMILES string of the molecule is COc1ccc(C(=O)OCC(=O)N(C)CCC#N)cc1S(=O)(=O)N1CCCc2ccccc21. The van der Waals surface area contributed by atoms with Gasteiger partial charge in [0, 0.05) is 20.1 Å². The van der Waals surface area contributed by atoms with Gasteiger partial charge < -0.3 is 14.4 Å². The van der Waals surface area contributed by atoms with Crippen LogP contribution in [0.5, 0.6) is 5.75 Å². The standard InChI is InChI=1S/C23H25N3O6S/c1-25(13-6-12-24)22(27)16-32-23(28)18-10-11-20(31-2)21(15-18)33(29,30)26-14-5-8-17-7-3-4-9-19(17)26/h3-4,7,9-11,15H,5-6,8,13-14,16H2,1-2H3. The van der Waals surface area contributed by atoms with Crippen LogP contribution in [0.15, 0.2) is 47.4 Å². The number of hydrogen-bond donors (Lipinski definition) is 0. The van der Waals surface area contributed by atoms with Gasteiger partial charge in [0.25, 0.3) is 15.9 Å². The van der Waals surface area contributed by atoms with Crippen LogP contribution in [0, 0.1) is 11.3 Å². The fraction of sp³-hybridized carbons (Fsp3) is 0.348. The summed E-state index contributed by atoms with van der Waals surface area (Å²) >= 11 is 0. The normalized spacial score (nSPS) is 12.9. The Hall–Kier alpha value is -3.58. The van der Waals surface area contributed by atoms with Crippen molar-refractivity contribution in [3.63, 3.8) is 0 Å². The largest absolute Gasteiger partial charge is 0.495 e. The number of ether oxygens (including phenoxy) is 2. The molecule has 0 atom stereocenters. The number of likely N-dealkylation sites (N-methyl/N-ethyl adjacent to an activating group) is 1. The summed E-state index contributed by atoms with van der Waals surface area (Å²) in [5.41, 5.74) is 1.51. The minimum atomic E-state index is -4.03. The highest BCUT2D eigenvalue weighted by Crippen LogP contribution is 2.35. The average Bonchev–Trinajstić information content (AvgIpc) is 2.84. The Morgan fingerprint density at radius 1 is 1.21 bits per heavy atom. The van der Waals surface area contributed by atoms with Crippen LogP contribution in [-0.2, 0) is 26.0 Å². The lowest BCUT2D eigenvalue weighted by Crippen LogP contribution is -2.35. The van der Waals surface area contributed by atoms with Gasteiger partial charge >= 0.3 is 5.97 Å². The van der Waals surface area contributed by atoms with E-state index in [1.54, 1.807) is 12.1 Å². The molecule has 1 amide bonds. The van der Waals surface area contributed by atoms with Crippen molar-refractivity contribution in [2.24, 2.45) is 0 Å². The highest BCUT2D eigenvalue weighted by Gasteiger charge is 2.32. The molecule has 33 heavy (non-hydrogen) atoms. The number of nitrogens with zero attached hydrogens (tertiary/aromatic N) is 3. The van der Waals surface area contributed by atoms with Gasteiger partial charge in [-0.3, -0.25) is 9.10 Å². The Morgan fingerprint density at radius 3 is 2.70 bits per heavy atom. The van der Waals surface area contributed by atoms with E-state index in [0.29, 0.717) is 18.7 Å². The molecule has 1 aliphatic heterocycles. The van der Waals surface area contributed by atoms with Crippen molar-refractivity contribution in [3.05, 3.63) is 53.6 Å². The second-order valence-electron chi connectivity index (χ2n) is 7.47. The van der Waals surface area contributed by atoms with E-state index in [4.69, 9.17) is 14.7 Å². The molecule has 3 rings (SSSR count). The van der Waals surface area contributed by atoms with E-state index >= 15 is 0 Å². The van der Waals surface area contributed by atoms with Gasteiger partial charge in [-0.1, -0.05) is 18.2 Å². The molecule has 0 spiro atoms. The number of nitriles is 1. The van der Waals surface area contributed by atoms with E-state index in [-0.39, 0.29) is 29.2 Å². The molecule has 0 bridgehead atoms. The lowest BCUT2D eigenvalue weighted by Gasteiger charge is -2.31. The van der Waals surface area contributed by atoms with Crippen molar-refractivity contribution < 1.29 is 27.5 Å². The highest BCUT2D eigenvalue weighted by molar-refractivity contribution is 7.93. The van der Waals surface area contributed by atoms with Gasteiger partial charge in [-0.2, -0.15) is 5.26 Å². The zero-order valence-corrected chi connectivity index (χ0v) is 19.3. The number of fused-ring (bicyclic) bond motifs is 1. The molecule has 0 unspecified atom stereocenters. The molecule has 1 heterocycles. The van der Waals surface area contributed by atoms with Crippen LogP contribution in [0.3, 0.4) is 0 Å². The van der Waals surface area contributed by atoms with Gasteiger partial charge in [0.15, 0.2) is 6.61 Å². The van der Waals surface area contributed by atoms with E-state index in [2.05, 4.69) is 0 Å². The third-order valence-electron chi connectivity index (χ3n) is 5.35. The maximum absolute atomic E-state index is 13.6. The first kappa shape index (κ1) is 24.1. The highest BCUT2D eigenvalue weighted by atomic mass is 32.2. The maximum atomic E-state index is 13.6. The Kier molecular flexibility index (Phi) is 7.55. The smallest absolute Gasteiger partial charge is 0.338 e. The molecular formula is C23H25N3O6S. The first-order valence-corrected chi connectivity index (χ1v) is 11.8. The third-order valence-corrected chi connectivity index (χ3v) is 7.18. The summed E-state index contributed by atoms with van der Waals surface area (Å²) in [5.74, 6) is -1.21. The van der Waals surface area contributed by atoms with Crippen LogP contribution in [0.1, 0.15) is 28.8 Å². The van der Waals surface area contributed by atoms with Crippen LogP contribution >= 0.6 is 0 Å². The van der Waals surface area contributed by atoms with Crippen molar-refractivity contribution in [1.82, 2.24) is 4.90 Å². The molecule has 1 aliphatic rings. The Labute approximate surface area is 193 Å². The van der Waals surface area contributed by atoms with Gasteiger partial charge in [-0.15, -0.1) is 0 Å². The van der Waals surface area contributed by atoms with E-state index in [9.17, 15) is 18.0 Å². The van der Waals surface area contributed by atoms with E-state index < -0.39 is 28.5 Å². The molecule has 2 aromatic rings. The Balaban J connectivity index is 1.85. The average molecular weight is 472 g/mol. The molecule has 0 N–H and O–H groups in total. The number of carbonyl (C=O) groups excluding carboxylic acids is 2. The molecule has 174 valence electrons. The van der Waals surface area contributed by atoms with Crippen molar-refractivity contribution >= 4 is 27.6 Å². The minimum Gasteiger partial charge on any atom is -0.495 e. The first-order valence-electron chi connectivity index (χ1n) is 10.4. The number of aryl methyl sites for hydroxylation is 1. The van der Waals surface area contributed by atoms with Crippen LogP contribution in [0.4, 0.5) is 5.69 Å². The fourth-order valence-corrected chi connectivity index (χ4v) is 5.26. The Morgan fingerprint density at radius 2 is 1.97 bits per heavy atom. The van der Waals surface area contributed by atoms with Crippen LogP contribution in [0.25, 0.3) is 0 Å². The van der Waals surface area contributed by atoms with Gasteiger partial charge in [0.1, 0.15) is 10.6 Å². The number of amides is 1. The number of para-hydroxylation sites is 1. The maximum Gasteiger partial charge on any atom is 0.338 e. The predicted octanol–water partition coefficient (Wildman–Crippen LogP) is 2.37. The summed E-state index contributed by atoms with van der Waals surface area (Å²) in [4.78, 5) is 25.7.